The van der Waals surface area contributed by atoms with Crippen molar-refractivity contribution in [2.24, 2.45) is 0 Å². The van der Waals surface area contributed by atoms with Gasteiger partial charge in [0.15, 0.2) is 17.3 Å². The van der Waals surface area contributed by atoms with Crippen molar-refractivity contribution >= 4 is 21.8 Å². The Hall–Kier alpha value is -2.53. The van der Waals surface area contributed by atoms with Crippen molar-refractivity contribution in [1.82, 2.24) is 19.7 Å². The number of aromatic nitrogens is 3. The number of hydrogen-bond acceptors (Lipinski definition) is 9. The van der Waals surface area contributed by atoms with Crippen molar-refractivity contribution in [2.75, 3.05) is 38.2 Å². The highest BCUT2D eigenvalue weighted by molar-refractivity contribution is 7.89. The highest BCUT2D eigenvalue weighted by Gasteiger charge is 2.32. The standard InChI is InChI=1S/C16H21N5O5S/c1-11-15(12(2)26-19-11)27(23,24)21-8-4-7-20(9-10-21)14-6-5-13(17-18-14)16(22)25-3/h5-6H,4,7-10H2,1-3H3. The molecule has 1 saturated heterocycles. The number of carbonyl (C=O) groups is 1. The second-order valence-corrected chi connectivity index (χ2v) is 8.04. The second kappa shape index (κ2) is 7.61. The van der Waals surface area contributed by atoms with Crippen LogP contribution in [0.25, 0.3) is 0 Å². The van der Waals surface area contributed by atoms with Gasteiger partial charge < -0.3 is 14.2 Å². The Morgan fingerprint density at radius 1 is 1.15 bits per heavy atom. The van der Waals surface area contributed by atoms with Crippen molar-refractivity contribution in [3.05, 3.63) is 29.3 Å². The summed E-state index contributed by atoms with van der Waals surface area (Å²) in [6.45, 7) is 4.97. The van der Waals surface area contributed by atoms with Crippen LogP contribution in [0, 0.1) is 13.8 Å². The fourth-order valence-corrected chi connectivity index (χ4v) is 4.80. The zero-order valence-electron chi connectivity index (χ0n) is 15.4. The lowest BCUT2D eigenvalue weighted by Crippen LogP contribution is -2.35. The predicted octanol–water partition coefficient (Wildman–Crippen LogP) is 0.769. The number of methoxy groups -OCH3 is 1. The van der Waals surface area contributed by atoms with Gasteiger partial charge >= 0.3 is 5.97 Å². The smallest absolute Gasteiger partial charge is 0.358 e. The Morgan fingerprint density at radius 3 is 2.52 bits per heavy atom. The average Bonchev–Trinajstić information content (AvgIpc) is 2.87. The van der Waals surface area contributed by atoms with Crippen molar-refractivity contribution in [3.63, 3.8) is 0 Å². The zero-order valence-corrected chi connectivity index (χ0v) is 16.2. The molecule has 1 fully saturated rings. The quantitative estimate of drug-likeness (QED) is 0.691. The number of ether oxygens (including phenoxy) is 1. The van der Waals surface area contributed by atoms with Crippen LogP contribution in [0.2, 0.25) is 0 Å². The van der Waals surface area contributed by atoms with Crippen LogP contribution in [-0.2, 0) is 14.8 Å². The molecule has 0 bridgehead atoms. The van der Waals surface area contributed by atoms with Crippen molar-refractivity contribution in [3.8, 4) is 0 Å². The number of rotatable bonds is 4. The van der Waals surface area contributed by atoms with Gasteiger partial charge in [0.05, 0.1) is 7.11 Å². The van der Waals surface area contributed by atoms with Crippen molar-refractivity contribution < 1.29 is 22.5 Å². The van der Waals surface area contributed by atoms with E-state index < -0.39 is 16.0 Å². The summed E-state index contributed by atoms with van der Waals surface area (Å²) in [7, 11) is -2.40. The summed E-state index contributed by atoms with van der Waals surface area (Å²) in [6.07, 6.45) is 0.628. The first-order valence-electron chi connectivity index (χ1n) is 8.44. The summed E-state index contributed by atoms with van der Waals surface area (Å²) in [5.74, 6) is 0.318. The molecule has 0 unspecified atom stereocenters. The van der Waals surface area contributed by atoms with E-state index in [4.69, 9.17) is 4.52 Å². The van der Waals surface area contributed by atoms with E-state index in [-0.39, 0.29) is 16.3 Å². The van der Waals surface area contributed by atoms with Crippen LogP contribution < -0.4 is 4.90 Å². The van der Waals surface area contributed by atoms with Gasteiger partial charge in [0, 0.05) is 26.2 Å². The topological polar surface area (TPSA) is 119 Å². The molecule has 0 N–H and O–H groups in total. The first-order chi connectivity index (χ1) is 12.8. The molecule has 1 aliphatic rings. The minimum atomic E-state index is -3.68. The molecule has 10 nitrogen and oxygen atoms in total. The third-order valence-electron chi connectivity index (χ3n) is 4.39. The molecule has 11 heteroatoms. The Balaban J connectivity index is 1.75. The maximum absolute atomic E-state index is 13.0. The van der Waals surface area contributed by atoms with E-state index in [1.807, 2.05) is 4.90 Å². The Bertz CT molecular complexity index is 906. The molecule has 2 aromatic rings. The molecule has 0 atom stereocenters. The Morgan fingerprint density at radius 2 is 1.93 bits per heavy atom. The third kappa shape index (κ3) is 3.78. The summed E-state index contributed by atoms with van der Waals surface area (Å²) in [5, 5.41) is 11.7. The van der Waals surface area contributed by atoms with Crippen molar-refractivity contribution in [2.45, 2.75) is 25.2 Å². The van der Waals surface area contributed by atoms with E-state index in [1.54, 1.807) is 19.9 Å². The fourth-order valence-electron chi connectivity index (χ4n) is 3.04. The second-order valence-electron chi connectivity index (χ2n) is 6.17. The molecular formula is C16H21N5O5S. The molecular weight excluding hydrogens is 374 g/mol. The summed E-state index contributed by atoms with van der Waals surface area (Å²) in [5.41, 5.74) is 0.483. The molecule has 27 heavy (non-hydrogen) atoms. The first kappa shape index (κ1) is 19.2. The van der Waals surface area contributed by atoms with Gasteiger partial charge in [0.2, 0.25) is 10.0 Å². The maximum atomic E-state index is 13.0. The number of hydrogen-bond donors (Lipinski definition) is 0. The average molecular weight is 395 g/mol. The minimum absolute atomic E-state index is 0.124. The van der Waals surface area contributed by atoms with E-state index >= 15 is 0 Å². The van der Waals surface area contributed by atoms with E-state index in [2.05, 4.69) is 20.1 Å². The van der Waals surface area contributed by atoms with Crippen LogP contribution in [0.15, 0.2) is 21.6 Å². The number of aryl methyl sites for hydroxylation is 2. The van der Waals surface area contributed by atoms with E-state index in [1.165, 1.54) is 17.5 Å². The van der Waals surface area contributed by atoms with E-state index in [0.29, 0.717) is 44.1 Å². The Labute approximate surface area is 157 Å². The fraction of sp³-hybridized carbons (Fsp3) is 0.500. The van der Waals surface area contributed by atoms with Gasteiger partial charge in [0.1, 0.15) is 10.6 Å². The molecule has 0 aliphatic carbocycles. The lowest BCUT2D eigenvalue weighted by Gasteiger charge is -2.22. The van der Waals surface area contributed by atoms with Gasteiger partial charge in [-0.15, -0.1) is 10.2 Å². The van der Waals surface area contributed by atoms with Crippen LogP contribution >= 0.6 is 0 Å². The minimum Gasteiger partial charge on any atom is -0.464 e. The van der Waals surface area contributed by atoms with E-state index in [0.717, 1.165) is 0 Å². The highest BCUT2D eigenvalue weighted by Crippen LogP contribution is 2.25. The molecule has 146 valence electrons. The number of sulfonamides is 1. The molecule has 0 aromatic carbocycles. The molecule has 3 rings (SSSR count). The van der Waals surface area contributed by atoms with Gasteiger partial charge in [-0.25, -0.2) is 13.2 Å². The maximum Gasteiger partial charge on any atom is 0.358 e. The molecule has 3 heterocycles. The summed E-state index contributed by atoms with van der Waals surface area (Å²) < 4.78 is 37.0. The van der Waals surface area contributed by atoms with Gasteiger partial charge in [-0.2, -0.15) is 4.31 Å². The number of carbonyl (C=O) groups excluding carboxylic acids is 1. The lowest BCUT2D eigenvalue weighted by molar-refractivity contribution is 0.0592. The lowest BCUT2D eigenvalue weighted by atomic mass is 10.3. The van der Waals surface area contributed by atoms with Crippen LogP contribution in [0.4, 0.5) is 5.82 Å². The number of esters is 1. The van der Waals surface area contributed by atoms with Gasteiger partial charge in [-0.1, -0.05) is 5.16 Å². The SMILES string of the molecule is COC(=O)c1ccc(N2CCCN(S(=O)(=O)c3c(C)noc3C)CC2)nn1. The van der Waals surface area contributed by atoms with Crippen LogP contribution in [0.5, 0.6) is 0 Å². The molecule has 1 aliphatic heterocycles. The molecule has 0 radical (unpaired) electrons. The van der Waals surface area contributed by atoms with Crippen LogP contribution in [-0.4, -0.2) is 67.3 Å². The van der Waals surface area contributed by atoms with Gasteiger partial charge in [-0.05, 0) is 32.4 Å². The molecule has 0 amide bonds. The zero-order chi connectivity index (χ0) is 19.6. The van der Waals surface area contributed by atoms with Crippen LogP contribution in [0.3, 0.4) is 0 Å². The van der Waals surface area contributed by atoms with Crippen molar-refractivity contribution in [1.29, 1.82) is 0 Å². The van der Waals surface area contributed by atoms with Gasteiger partial charge in [0.25, 0.3) is 0 Å². The normalized spacial score (nSPS) is 16.2. The van der Waals surface area contributed by atoms with Crippen LogP contribution in [0.1, 0.15) is 28.4 Å². The van der Waals surface area contributed by atoms with E-state index in [9.17, 15) is 13.2 Å². The Kier molecular flexibility index (Phi) is 5.42. The third-order valence-corrected chi connectivity index (χ3v) is 6.53. The summed E-state index contributed by atoms with van der Waals surface area (Å²) in [4.78, 5) is 13.5. The number of anilines is 1. The first-order valence-corrected chi connectivity index (χ1v) is 9.88. The molecule has 2 aromatic heterocycles. The predicted molar refractivity (Wildman–Crippen MR) is 94.9 cm³/mol. The number of nitrogens with zero attached hydrogens (tertiary/aromatic N) is 5. The monoisotopic (exact) mass is 395 g/mol. The summed E-state index contributed by atoms with van der Waals surface area (Å²) >= 11 is 0. The highest BCUT2D eigenvalue weighted by atomic mass is 32.2. The summed E-state index contributed by atoms with van der Waals surface area (Å²) in [6, 6.07) is 3.22. The molecule has 0 spiro atoms. The largest absolute Gasteiger partial charge is 0.464 e. The van der Waals surface area contributed by atoms with Gasteiger partial charge in [-0.3, -0.25) is 0 Å². The molecule has 0 saturated carbocycles.